The van der Waals surface area contributed by atoms with Gasteiger partial charge in [-0.25, -0.2) is 19.6 Å². The van der Waals surface area contributed by atoms with Crippen LogP contribution in [-0.4, -0.2) is 42.7 Å². The number of aromatic nitrogens is 5. The normalized spacial score (nSPS) is 16.6. The third kappa shape index (κ3) is 3.50. The van der Waals surface area contributed by atoms with E-state index in [1.165, 1.54) is 6.20 Å². The van der Waals surface area contributed by atoms with Crippen LogP contribution < -0.4 is 11.1 Å². The van der Waals surface area contributed by atoms with Gasteiger partial charge in [0.05, 0.1) is 11.3 Å². The molecule has 0 spiro atoms. The number of nitrogens with zero attached hydrogens (tertiary/aromatic N) is 5. The SMILES string of the molecule is CC(C)C1C(=O)Nc2nc(-c3nn(CCC(F)(F)C(F)(F)F)c4ncccc34)nc(N)c21. The quantitative estimate of drug-likeness (QED) is 0.567. The summed E-state index contributed by atoms with van der Waals surface area (Å²) in [6.07, 6.45) is -5.82. The van der Waals surface area contributed by atoms with Crippen LogP contribution in [0.25, 0.3) is 22.6 Å². The van der Waals surface area contributed by atoms with Gasteiger partial charge in [0.2, 0.25) is 5.91 Å². The van der Waals surface area contributed by atoms with Gasteiger partial charge >= 0.3 is 12.1 Å². The van der Waals surface area contributed by atoms with Crippen molar-refractivity contribution in [2.75, 3.05) is 11.1 Å². The summed E-state index contributed by atoms with van der Waals surface area (Å²) in [6.45, 7) is 2.96. The highest BCUT2D eigenvalue weighted by atomic mass is 19.4. The first-order valence-corrected chi connectivity index (χ1v) is 9.65. The maximum atomic E-state index is 13.4. The molecule has 4 rings (SSSR count). The number of nitrogens with one attached hydrogen (secondary N) is 1. The number of nitrogen functional groups attached to an aromatic ring is 1. The third-order valence-corrected chi connectivity index (χ3v) is 5.25. The van der Waals surface area contributed by atoms with Gasteiger partial charge in [0.1, 0.15) is 17.3 Å². The topological polar surface area (TPSA) is 112 Å². The van der Waals surface area contributed by atoms with Crippen LogP contribution in [0.15, 0.2) is 18.3 Å². The van der Waals surface area contributed by atoms with E-state index in [4.69, 9.17) is 5.73 Å². The van der Waals surface area contributed by atoms with Crippen LogP contribution in [-0.2, 0) is 11.3 Å². The minimum Gasteiger partial charge on any atom is -0.383 e. The number of aryl methyl sites for hydroxylation is 1. The maximum absolute atomic E-state index is 13.4. The van der Waals surface area contributed by atoms with Crippen molar-refractivity contribution in [3.05, 3.63) is 23.9 Å². The Labute approximate surface area is 178 Å². The van der Waals surface area contributed by atoms with Gasteiger partial charge in [-0.05, 0) is 18.1 Å². The average molecular weight is 455 g/mol. The fourth-order valence-corrected chi connectivity index (χ4v) is 3.67. The molecule has 3 aromatic heterocycles. The van der Waals surface area contributed by atoms with E-state index in [1.807, 2.05) is 13.8 Å². The van der Waals surface area contributed by atoms with Gasteiger partial charge < -0.3 is 11.1 Å². The number of rotatable bonds is 5. The predicted octanol–water partition coefficient (Wildman–Crippen LogP) is 3.75. The Morgan fingerprint density at radius 1 is 1.22 bits per heavy atom. The molecule has 32 heavy (non-hydrogen) atoms. The lowest BCUT2D eigenvalue weighted by Gasteiger charge is -2.19. The van der Waals surface area contributed by atoms with Crippen LogP contribution in [0.2, 0.25) is 0 Å². The van der Waals surface area contributed by atoms with E-state index in [0.29, 0.717) is 10.9 Å². The lowest BCUT2D eigenvalue weighted by atomic mass is 9.91. The van der Waals surface area contributed by atoms with Crippen LogP contribution in [0.3, 0.4) is 0 Å². The number of carbonyl (C=O) groups excluding carboxylic acids is 1. The summed E-state index contributed by atoms with van der Waals surface area (Å²) >= 11 is 0. The summed E-state index contributed by atoms with van der Waals surface area (Å²) in [5, 5.41) is 7.14. The van der Waals surface area contributed by atoms with Crippen LogP contribution >= 0.6 is 0 Å². The molecule has 3 aromatic rings. The monoisotopic (exact) mass is 455 g/mol. The smallest absolute Gasteiger partial charge is 0.383 e. The van der Waals surface area contributed by atoms with Crippen molar-refractivity contribution in [2.24, 2.45) is 5.92 Å². The fourth-order valence-electron chi connectivity index (χ4n) is 3.67. The first kappa shape index (κ1) is 21.8. The molecule has 1 aliphatic rings. The number of hydrogen-bond acceptors (Lipinski definition) is 6. The molecular formula is C19H18F5N7O. The van der Waals surface area contributed by atoms with Gasteiger partial charge in [-0.2, -0.15) is 27.1 Å². The molecule has 1 aliphatic heterocycles. The molecule has 3 N–H and O–H groups in total. The van der Waals surface area contributed by atoms with Crippen molar-refractivity contribution < 1.29 is 26.7 Å². The molecule has 0 saturated carbocycles. The lowest BCUT2D eigenvalue weighted by Crippen LogP contribution is -2.37. The molecule has 0 aliphatic carbocycles. The Bertz CT molecular complexity index is 1200. The third-order valence-electron chi connectivity index (χ3n) is 5.25. The van der Waals surface area contributed by atoms with Crippen LogP contribution in [0, 0.1) is 5.92 Å². The van der Waals surface area contributed by atoms with E-state index in [1.54, 1.807) is 12.1 Å². The average Bonchev–Trinajstić information content (AvgIpc) is 3.23. The number of halogens is 5. The Kier molecular flexibility index (Phi) is 5.01. The molecule has 8 nitrogen and oxygen atoms in total. The van der Waals surface area contributed by atoms with Crippen molar-refractivity contribution in [1.29, 1.82) is 0 Å². The zero-order valence-corrected chi connectivity index (χ0v) is 16.9. The van der Waals surface area contributed by atoms with Crippen molar-refractivity contribution in [3.8, 4) is 11.5 Å². The van der Waals surface area contributed by atoms with E-state index in [0.717, 1.165) is 4.68 Å². The number of hydrogen-bond donors (Lipinski definition) is 2. The van der Waals surface area contributed by atoms with E-state index >= 15 is 0 Å². The number of alkyl halides is 5. The molecular weight excluding hydrogens is 437 g/mol. The zero-order valence-electron chi connectivity index (χ0n) is 16.9. The van der Waals surface area contributed by atoms with Crippen LogP contribution in [0.4, 0.5) is 33.6 Å². The number of carbonyl (C=O) groups is 1. The van der Waals surface area contributed by atoms with Crippen molar-refractivity contribution in [2.45, 2.75) is 44.8 Å². The summed E-state index contributed by atoms with van der Waals surface area (Å²) in [4.78, 5) is 24.9. The second-order valence-electron chi connectivity index (χ2n) is 7.80. The summed E-state index contributed by atoms with van der Waals surface area (Å²) in [5.41, 5.74) is 6.74. The van der Waals surface area contributed by atoms with Gasteiger partial charge in [-0.1, -0.05) is 13.8 Å². The van der Waals surface area contributed by atoms with Gasteiger partial charge in [0, 0.05) is 24.7 Å². The number of fused-ring (bicyclic) bond motifs is 2. The Morgan fingerprint density at radius 2 is 1.94 bits per heavy atom. The molecule has 0 aromatic carbocycles. The van der Waals surface area contributed by atoms with Crippen molar-refractivity contribution in [3.63, 3.8) is 0 Å². The highest BCUT2D eigenvalue weighted by molar-refractivity contribution is 6.04. The van der Waals surface area contributed by atoms with E-state index in [-0.39, 0.29) is 40.6 Å². The molecule has 0 fully saturated rings. The molecule has 1 amide bonds. The van der Waals surface area contributed by atoms with E-state index in [2.05, 4.69) is 25.4 Å². The lowest BCUT2D eigenvalue weighted by molar-refractivity contribution is -0.285. The second-order valence-corrected chi connectivity index (χ2v) is 7.80. The van der Waals surface area contributed by atoms with Crippen molar-refractivity contribution >= 4 is 28.6 Å². The Hall–Kier alpha value is -3.38. The number of pyridine rings is 1. The minimum atomic E-state index is -5.67. The van der Waals surface area contributed by atoms with Crippen LogP contribution in [0.5, 0.6) is 0 Å². The van der Waals surface area contributed by atoms with E-state index in [9.17, 15) is 26.7 Å². The zero-order chi connectivity index (χ0) is 23.4. The fraction of sp³-hybridized carbons (Fsp3) is 0.421. The van der Waals surface area contributed by atoms with Crippen LogP contribution in [0.1, 0.15) is 31.7 Å². The molecule has 0 radical (unpaired) electrons. The molecule has 1 atom stereocenters. The summed E-state index contributed by atoms with van der Waals surface area (Å²) in [6, 6.07) is 3.11. The summed E-state index contributed by atoms with van der Waals surface area (Å²) in [5.74, 6) is -5.49. The Balaban J connectivity index is 1.76. The highest BCUT2D eigenvalue weighted by Crippen LogP contribution is 2.41. The first-order valence-electron chi connectivity index (χ1n) is 9.65. The highest BCUT2D eigenvalue weighted by Gasteiger charge is 2.56. The summed E-state index contributed by atoms with van der Waals surface area (Å²) in [7, 11) is 0. The number of anilines is 2. The van der Waals surface area contributed by atoms with Crippen molar-refractivity contribution in [1.82, 2.24) is 24.7 Å². The summed E-state index contributed by atoms with van der Waals surface area (Å²) < 4.78 is 65.4. The molecule has 4 heterocycles. The molecule has 170 valence electrons. The molecule has 0 bridgehead atoms. The van der Waals surface area contributed by atoms with Gasteiger partial charge in [0.15, 0.2) is 11.5 Å². The Morgan fingerprint density at radius 3 is 2.59 bits per heavy atom. The molecule has 13 heteroatoms. The van der Waals surface area contributed by atoms with Gasteiger partial charge in [-0.3, -0.25) is 4.79 Å². The predicted molar refractivity (Wildman–Crippen MR) is 105 cm³/mol. The second kappa shape index (κ2) is 7.35. The minimum absolute atomic E-state index is 0.00899. The standard InChI is InChI=1S/C19H18F5N7O/c1-8(2)10-11-13(25)27-15(28-14(11)29-17(10)32)12-9-4-3-6-26-16(9)31(30-12)7-5-18(20,21)19(22,23)24/h3-4,6,8,10H,5,7H2,1-2H3,(H3,25,27,28,29,32). The number of nitrogens with two attached hydrogens (primary N) is 1. The molecule has 0 saturated heterocycles. The first-order chi connectivity index (χ1) is 14.9. The molecule has 1 unspecified atom stereocenters. The van der Waals surface area contributed by atoms with Gasteiger partial charge in [0.25, 0.3) is 0 Å². The van der Waals surface area contributed by atoms with Gasteiger partial charge in [-0.15, -0.1) is 0 Å². The largest absolute Gasteiger partial charge is 0.453 e. The maximum Gasteiger partial charge on any atom is 0.453 e. The number of amides is 1. The van der Waals surface area contributed by atoms with E-state index < -0.39 is 31.0 Å².